The van der Waals surface area contributed by atoms with Gasteiger partial charge in [0.1, 0.15) is 0 Å². The summed E-state index contributed by atoms with van der Waals surface area (Å²) in [6, 6.07) is 5.86. The van der Waals surface area contributed by atoms with Crippen LogP contribution in [0.5, 0.6) is 0 Å². The van der Waals surface area contributed by atoms with E-state index in [9.17, 15) is 18.0 Å². The van der Waals surface area contributed by atoms with Crippen molar-refractivity contribution in [2.24, 2.45) is 5.14 Å². The molecule has 1 aliphatic heterocycles. The van der Waals surface area contributed by atoms with Crippen LogP contribution in [0.15, 0.2) is 41.6 Å². The minimum absolute atomic E-state index is 0.000859. The van der Waals surface area contributed by atoms with Crippen LogP contribution in [-0.2, 0) is 30.8 Å². The Morgan fingerprint density at radius 3 is 2.72 bits per heavy atom. The van der Waals surface area contributed by atoms with Crippen LogP contribution in [0, 0.1) is 0 Å². The molecular weight excluding hydrogens is 398 g/mol. The Hall–Kier alpha value is -3.05. The predicted octanol–water partition coefficient (Wildman–Crippen LogP) is 0.447. The van der Waals surface area contributed by atoms with Gasteiger partial charge in [0.05, 0.1) is 11.3 Å². The van der Waals surface area contributed by atoms with Crippen LogP contribution in [0.25, 0.3) is 0 Å². The fraction of sp³-hybridized carbons (Fsp3) is 0.333. The molecule has 2 aromatic rings. The van der Waals surface area contributed by atoms with Gasteiger partial charge >= 0.3 is 5.97 Å². The minimum Gasteiger partial charge on any atom is -0.455 e. The Morgan fingerprint density at radius 2 is 2.03 bits per heavy atom. The fourth-order valence-corrected chi connectivity index (χ4v) is 3.68. The lowest BCUT2D eigenvalue weighted by Crippen LogP contribution is -2.38. The molecule has 10 nitrogen and oxygen atoms in total. The van der Waals surface area contributed by atoms with E-state index in [1.165, 1.54) is 17.0 Å². The Labute approximate surface area is 168 Å². The molecule has 0 bridgehead atoms. The maximum atomic E-state index is 12.6. The molecule has 3 N–H and O–H groups in total. The number of carbonyl (C=O) groups excluding carboxylic acids is 2. The van der Waals surface area contributed by atoms with Crippen molar-refractivity contribution in [1.29, 1.82) is 0 Å². The average molecular weight is 419 g/mol. The lowest BCUT2D eigenvalue weighted by Gasteiger charge is -2.22. The summed E-state index contributed by atoms with van der Waals surface area (Å²) in [6.07, 6.45) is 3.69. The van der Waals surface area contributed by atoms with Gasteiger partial charge in [0.2, 0.25) is 16.0 Å². The molecule has 1 aromatic carbocycles. The van der Waals surface area contributed by atoms with Gasteiger partial charge in [-0.25, -0.2) is 23.5 Å². The largest absolute Gasteiger partial charge is 0.455 e. The van der Waals surface area contributed by atoms with Crippen LogP contribution in [0.4, 0.5) is 11.6 Å². The zero-order valence-corrected chi connectivity index (χ0v) is 16.6. The number of esters is 1. The first-order valence-corrected chi connectivity index (χ1v) is 10.4. The maximum absolute atomic E-state index is 12.6. The highest BCUT2D eigenvalue weighted by Crippen LogP contribution is 2.33. The lowest BCUT2D eigenvalue weighted by molar-refractivity contribution is -0.147. The average Bonchev–Trinajstić information content (AvgIpc) is 3.01. The number of anilines is 2. The molecule has 0 radical (unpaired) electrons. The number of nitrogens with zero attached hydrogens (tertiary/aromatic N) is 3. The first kappa shape index (κ1) is 20.7. The van der Waals surface area contributed by atoms with Crippen molar-refractivity contribution < 1.29 is 22.7 Å². The molecule has 11 heteroatoms. The number of sulfonamides is 1. The third kappa shape index (κ3) is 5.06. The van der Waals surface area contributed by atoms with Crippen LogP contribution >= 0.6 is 0 Å². The molecule has 0 saturated heterocycles. The normalized spacial score (nSPS) is 15.7. The summed E-state index contributed by atoms with van der Waals surface area (Å²) >= 11 is 0. The highest BCUT2D eigenvalue weighted by molar-refractivity contribution is 7.89. The van der Waals surface area contributed by atoms with E-state index in [-0.39, 0.29) is 29.8 Å². The van der Waals surface area contributed by atoms with Gasteiger partial charge in [0.15, 0.2) is 6.61 Å². The topological polar surface area (TPSA) is 145 Å². The maximum Gasteiger partial charge on any atom is 0.308 e. The summed E-state index contributed by atoms with van der Waals surface area (Å²) in [5, 5.41) is 8.04. The number of rotatable bonds is 7. The molecule has 0 fully saturated rings. The zero-order valence-electron chi connectivity index (χ0n) is 15.7. The van der Waals surface area contributed by atoms with Crippen molar-refractivity contribution in [3.05, 3.63) is 42.2 Å². The SMILES string of the molecule is CC1Cc2cc(S(N)(=O)=O)ccc2N1C(=O)COC(=O)CCNc1ncccn1. The Kier molecular flexibility index (Phi) is 6.09. The molecule has 1 aromatic heterocycles. The van der Waals surface area contributed by atoms with Crippen LogP contribution in [-0.4, -0.2) is 49.5 Å². The van der Waals surface area contributed by atoms with Crippen molar-refractivity contribution in [2.45, 2.75) is 30.7 Å². The third-order valence-corrected chi connectivity index (χ3v) is 5.31. The van der Waals surface area contributed by atoms with E-state index in [0.29, 0.717) is 23.6 Å². The summed E-state index contributed by atoms with van der Waals surface area (Å²) in [6.45, 7) is 1.71. The number of ether oxygens (including phenoxy) is 1. The Morgan fingerprint density at radius 1 is 1.31 bits per heavy atom. The Balaban J connectivity index is 1.54. The summed E-state index contributed by atoms with van der Waals surface area (Å²) in [5.74, 6) is -0.511. The van der Waals surface area contributed by atoms with Crippen LogP contribution in [0.2, 0.25) is 0 Å². The lowest BCUT2D eigenvalue weighted by atomic mass is 10.1. The van der Waals surface area contributed by atoms with E-state index < -0.39 is 22.6 Å². The van der Waals surface area contributed by atoms with Gasteiger partial charge in [0.25, 0.3) is 5.91 Å². The van der Waals surface area contributed by atoms with Crippen molar-refractivity contribution in [3.63, 3.8) is 0 Å². The molecule has 154 valence electrons. The van der Waals surface area contributed by atoms with Gasteiger partial charge in [-0.15, -0.1) is 0 Å². The number of fused-ring (bicyclic) bond motifs is 1. The first-order valence-electron chi connectivity index (χ1n) is 8.90. The second kappa shape index (κ2) is 8.53. The second-order valence-corrected chi connectivity index (χ2v) is 8.12. The zero-order chi connectivity index (χ0) is 21.0. The van der Waals surface area contributed by atoms with Gasteiger partial charge < -0.3 is 15.0 Å². The first-order chi connectivity index (χ1) is 13.8. The van der Waals surface area contributed by atoms with Crippen molar-refractivity contribution >= 4 is 33.5 Å². The third-order valence-electron chi connectivity index (χ3n) is 4.40. The van der Waals surface area contributed by atoms with Crippen molar-refractivity contribution in [3.8, 4) is 0 Å². The number of hydrogen-bond donors (Lipinski definition) is 2. The van der Waals surface area contributed by atoms with Crippen LogP contribution < -0.4 is 15.4 Å². The number of aromatic nitrogens is 2. The van der Waals surface area contributed by atoms with Crippen molar-refractivity contribution in [2.75, 3.05) is 23.4 Å². The standard InChI is InChI=1S/C18H21N5O5S/c1-12-9-13-10-14(29(19,26)27)3-4-15(13)23(12)16(24)11-28-17(25)5-8-22-18-20-6-2-7-21-18/h2-4,6-7,10,12H,5,8-9,11H2,1H3,(H2,19,26,27)(H,20,21,22). The minimum atomic E-state index is -3.82. The van der Waals surface area contributed by atoms with E-state index in [1.54, 1.807) is 24.5 Å². The molecule has 3 rings (SSSR count). The second-order valence-electron chi connectivity index (χ2n) is 6.56. The molecule has 29 heavy (non-hydrogen) atoms. The number of nitrogens with two attached hydrogens (primary N) is 1. The smallest absolute Gasteiger partial charge is 0.308 e. The molecule has 1 amide bonds. The van der Waals surface area contributed by atoms with E-state index >= 15 is 0 Å². The van der Waals surface area contributed by atoms with Crippen LogP contribution in [0.3, 0.4) is 0 Å². The summed E-state index contributed by atoms with van der Waals surface area (Å²) in [7, 11) is -3.82. The number of amides is 1. The highest BCUT2D eigenvalue weighted by Gasteiger charge is 2.32. The predicted molar refractivity (Wildman–Crippen MR) is 105 cm³/mol. The highest BCUT2D eigenvalue weighted by atomic mass is 32.2. The molecule has 1 unspecified atom stereocenters. The molecule has 1 atom stereocenters. The summed E-state index contributed by atoms with van der Waals surface area (Å²) in [4.78, 5) is 33.9. The number of primary sulfonamides is 1. The van der Waals surface area contributed by atoms with Crippen molar-refractivity contribution in [1.82, 2.24) is 9.97 Å². The molecule has 0 saturated carbocycles. The number of nitrogens with one attached hydrogen (secondary N) is 1. The monoisotopic (exact) mass is 419 g/mol. The van der Waals surface area contributed by atoms with E-state index in [1.807, 2.05) is 6.92 Å². The molecule has 1 aliphatic rings. The fourth-order valence-electron chi connectivity index (χ4n) is 3.12. The van der Waals surface area contributed by atoms with Gasteiger partial charge in [-0.2, -0.15) is 0 Å². The van der Waals surface area contributed by atoms with Gasteiger partial charge in [-0.1, -0.05) is 0 Å². The number of hydrogen-bond acceptors (Lipinski definition) is 8. The van der Waals surface area contributed by atoms with E-state index in [4.69, 9.17) is 9.88 Å². The van der Waals surface area contributed by atoms with Gasteiger partial charge in [-0.05, 0) is 43.2 Å². The van der Waals surface area contributed by atoms with Gasteiger partial charge in [0, 0.05) is 30.7 Å². The number of benzene rings is 1. The summed E-state index contributed by atoms with van der Waals surface area (Å²) < 4.78 is 28.1. The van der Waals surface area contributed by atoms with E-state index in [2.05, 4.69) is 15.3 Å². The molecule has 2 heterocycles. The number of carbonyl (C=O) groups is 2. The molecule has 0 aliphatic carbocycles. The quantitative estimate of drug-likeness (QED) is 0.615. The molecule has 0 spiro atoms. The van der Waals surface area contributed by atoms with Gasteiger partial charge in [-0.3, -0.25) is 9.59 Å². The van der Waals surface area contributed by atoms with Crippen LogP contribution in [0.1, 0.15) is 18.9 Å². The Bertz CT molecular complexity index is 1010. The molecular formula is C18H21N5O5S. The summed E-state index contributed by atoms with van der Waals surface area (Å²) in [5.41, 5.74) is 1.30. The van der Waals surface area contributed by atoms with E-state index in [0.717, 1.165) is 0 Å².